The van der Waals surface area contributed by atoms with E-state index in [9.17, 15) is 0 Å². The summed E-state index contributed by atoms with van der Waals surface area (Å²) in [5.41, 5.74) is 2.47. The molecule has 0 radical (unpaired) electrons. The van der Waals surface area contributed by atoms with Crippen LogP contribution in [0.5, 0.6) is 0 Å². The molecule has 1 atom stereocenters. The Labute approximate surface area is 114 Å². The van der Waals surface area contributed by atoms with Crippen LogP contribution in [0.15, 0.2) is 27.5 Å². The standard InChI is InChI=1S/C12H16BrN3S/c1-8(2)16-10(4-5-15-16)12(14-3)9-6-11(13)17-7-9/h4-8,12,14H,1-3H3. The second-order valence-corrected chi connectivity index (χ2v) is 6.49. The molecule has 0 aliphatic rings. The second kappa shape index (κ2) is 5.33. The maximum absolute atomic E-state index is 4.39. The molecule has 0 aromatic carbocycles. The van der Waals surface area contributed by atoms with Gasteiger partial charge in [-0.25, -0.2) is 0 Å². The molecule has 92 valence electrons. The molecular formula is C12H16BrN3S. The zero-order valence-electron chi connectivity index (χ0n) is 10.1. The molecular weight excluding hydrogens is 298 g/mol. The number of hydrogen-bond acceptors (Lipinski definition) is 3. The maximum Gasteiger partial charge on any atom is 0.0754 e. The first kappa shape index (κ1) is 12.8. The van der Waals surface area contributed by atoms with E-state index in [-0.39, 0.29) is 6.04 Å². The van der Waals surface area contributed by atoms with Gasteiger partial charge >= 0.3 is 0 Å². The highest BCUT2D eigenvalue weighted by molar-refractivity contribution is 9.11. The summed E-state index contributed by atoms with van der Waals surface area (Å²) in [4.78, 5) is 0. The largest absolute Gasteiger partial charge is 0.308 e. The first-order valence-corrected chi connectivity index (χ1v) is 7.25. The van der Waals surface area contributed by atoms with Crippen molar-refractivity contribution in [3.63, 3.8) is 0 Å². The van der Waals surface area contributed by atoms with E-state index in [0.717, 1.165) is 3.79 Å². The molecule has 1 N–H and O–H groups in total. The van der Waals surface area contributed by atoms with E-state index in [4.69, 9.17) is 0 Å². The number of rotatable bonds is 4. The van der Waals surface area contributed by atoms with Gasteiger partial charge in [-0.1, -0.05) is 0 Å². The summed E-state index contributed by atoms with van der Waals surface area (Å²) in [6, 6.07) is 4.80. The Bertz CT molecular complexity index is 489. The van der Waals surface area contributed by atoms with Crippen LogP contribution in [0.2, 0.25) is 0 Å². The predicted molar refractivity (Wildman–Crippen MR) is 75.5 cm³/mol. The summed E-state index contributed by atoms with van der Waals surface area (Å²) >= 11 is 5.22. The molecule has 3 nitrogen and oxygen atoms in total. The summed E-state index contributed by atoms with van der Waals surface area (Å²) in [5.74, 6) is 0. The normalized spacial score (nSPS) is 13.2. The fraction of sp³-hybridized carbons (Fsp3) is 0.417. The van der Waals surface area contributed by atoms with Crippen molar-refractivity contribution >= 4 is 27.3 Å². The lowest BCUT2D eigenvalue weighted by Gasteiger charge is -2.19. The maximum atomic E-state index is 4.39. The van der Waals surface area contributed by atoms with Crippen LogP contribution in [0, 0.1) is 0 Å². The van der Waals surface area contributed by atoms with E-state index >= 15 is 0 Å². The Kier molecular flexibility index (Phi) is 4.01. The van der Waals surface area contributed by atoms with Gasteiger partial charge in [-0.2, -0.15) is 5.10 Å². The quantitative estimate of drug-likeness (QED) is 0.934. The smallest absolute Gasteiger partial charge is 0.0754 e. The van der Waals surface area contributed by atoms with Gasteiger partial charge < -0.3 is 5.32 Å². The highest BCUT2D eigenvalue weighted by Crippen LogP contribution is 2.29. The first-order chi connectivity index (χ1) is 8.13. The number of aromatic nitrogens is 2. The average Bonchev–Trinajstić information content (AvgIpc) is 2.89. The molecule has 0 aliphatic carbocycles. The van der Waals surface area contributed by atoms with E-state index in [0.29, 0.717) is 6.04 Å². The Balaban J connectivity index is 2.38. The van der Waals surface area contributed by atoms with Crippen LogP contribution in [0.4, 0.5) is 0 Å². The van der Waals surface area contributed by atoms with Crippen LogP contribution in [0.3, 0.4) is 0 Å². The van der Waals surface area contributed by atoms with Crippen LogP contribution < -0.4 is 5.32 Å². The molecule has 1 unspecified atom stereocenters. The molecule has 17 heavy (non-hydrogen) atoms. The summed E-state index contributed by atoms with van der Waals surface area (Å²) in [5, 5.41) is 9.91. The van der Waals surface area contributed by atoms with Crippen molar-refractivity contribution in [3.05, 3.63) is 38.8 Å². The fourth-order valence-electron chi connectivity index (χ4n) is 1.94. The Hall–Kier alpha value is -0.650. The molecule has 5 heteroatoms. The summed E-state index contributed by atoms with van der Waals surface area (Å²) in [6.45, 7) is 4.29. The van der Waals surface area contributed by atoms with Gasteiger partial charge in [0.15, 0.2) is 0 Å². The minimum Gasteiger partial charge on any atom is -0.308 e. The lowest BCUT2D eigenvalue weighted by molar-refractivity contribution is 0.484. The van der Waals surface area contributed by atoms with Crippen LogP contribution in [-0.4, -0.2) is 16.8 Å². The average molecular weight is 314 g/mol. The number of hydrogen-bond donors (Lipinski definition) is 1. The predicted octanol–water partition coefficient (Wildman–Crippen LogP) is 3.60. The van der Waals surface area contributed by atoms with Crippen molar-refractivity contribution in [2.75, 3.05) is 7.05 Å². The summed E-state index contributed by atoms with van der Waals surface area (Å²) in [7, 11) is 1.98. The molecule has 0 saturated carbocycles. The zero-order chi connectivity index (χ0) is 12.4. The van der Waals surface area contributed by atoms with Crippen molar-refractivity contribution in [1.29, 1.82) is 0 Å². The van der Waals surface area contributed by atoms with Gasteiger partial charge in [0.05, 0.1) is 15.5 Å². The van der Waals surface area contributed by atoms with E-state index in [1.807, 2.05) is 13.2 Å². The van der Waals surface area contributed by atoms with Gasteiger partial charge in [-0.05, 0) is 59.9 Å². The fourth-order valence-corrected chi connectivity index (χ4v) is 3.15. The van der Waals surface area contributed by atoms with Gasteiger partial charge in [0.1, 0.15) is 0 Å². The van der Waals surface area contributed by atoms with Crippen LogP contribution in [0.25, 0.3) is 0 Å². The number of nitrogens with zero attached hydrogens (tertiary/aromatic N) is 2. The van der Waals surface area contributed by atoms with Gasteiger partial charge in [0, 0.05) is 12.2 Å². The number of halogens is 1. The number of thiophene rings is 1. The molecule has 0 spiro atoms. The molecule has 0 bridgehead atoms. The molecule has 2 aromatic heterocycles. The third-order valence-corrected chi connectivity index (χ3v) is 4.22. The molecule has 0 aliphatic heterocycles. The summed E-state index contributed by atoms with van der Waals surface area (Å²) in [6.07, 6.45) is 1.86. The van der Waals surface area contributed by atoms with E-state index in [1.54, 1.807) is 11.3 Å². The second-order valence-electron chi connectivity index (χ2n) is 4.20. The zero-order valence-corrected chi connectivity index (χ0v) is 12.5. The van der Waals surface area contributed by atoms with Crippen molar-refractivity contribution < 1.29 is 0 Å². The Morgan fingerprint density at radius 3 is 2.76 bits per heavy atom. The van der Waals surface area contributed by atoms with E-state index in [2.05, 4.69) is 62.4 Å². The van der Waals surface area contributed by atoms with Crippen molar-refractivity contribution in [3.8, 4) is 0 Å². The molecule has 0 amide bonds. The van der Waals surface area contributed by atoms with Crippen LogP contribution >= 0.6 is 27.3 Å². The minimum atomic E-state index is 0.197. The Morgan fingerprint density at radius 1 is 1.47 bits per heavy atom. The third-order valence-electron chi connectivity index (χ3n) is 2.70. The van der Waals surface area contributed by atoms with Gasteiger partial charge in [-0.15, -0.1) is 11.3 Å². The van der Waals surface area contributed by atoms with Crippen molar-refractivity contribution in [1.82, 2.24) is 15.1 Å². The summed E-state index contributed by atoms with van der Waals surface area (Å²) < 4.78 is 3.22. The first-order valence-electron chi connectivity index (χ1n) is 5.58. The molecule has 0 saturated heterocycles. The lowest BCUT2D eigenvalue weighted by Crippen LogP contribution is -2.21. The van der Waals surface area contributed by atoms with E-state index < -0.39 is 0 Å². The molecule has 0 fully saturated rings. The third kappa shape index (κ3) is 2.61. The number of nitrogens with one attached hydrogen (secondary N) is 1. The lowest BCUT2D eigenvalue weighted by atomic mass is 10.1. The van der Waals surface area contributed by atoms with Crippen LogP contribution in [0.1, 0.15) is 37.2 Å². The molecule has 2 rings (SSSR count). The topological polar surface area (TPSA) is 29.9 Å². The minimum absolute atomic E-state index is 0.197. The van der Waals surface area contributed by atoms with Crippen molar-refractivity contribution in [2.24, 2.45) is 0 Å². The highest BCUT2D eigenvalue weighted by atomic mass is 79.9. The van der Waals surface area contributed by atoms with Gasteiger partial charge in [0.25, 0.3) is 0 Å². The highest BCUT2D eigenvalue weighted by Gasteiger charge is 2.18. The van der Waals surface area contributed by atoms with Gasteiger partial charge in [0.2, 0.25) is 0 Å². The molecule has 2 aromatic rings. The Morgan fingerprint density at radius 2 is 2.24 bits per heavy atom. The van der Waals surface area contributed by atoms with Crippen LogP contribution in [-0.2, 0) is 0 Å². The van der Waals surface area contributed by atoms with E-state index in [1.165, 1.54) is 11.3 Å². The monoisotopic (exact) mass is 313 g/mol. The SMILES string of the molecule is CNC(c1csc(Br)c1)c1ccnn1C(C)C. The van der Waals surface area contributed by atoms with Gasteiger partial charge in [-0.3, -0.25) is 4.68 Å². The molecule has 2 heterocycles. The van der Waals surface area contributed by atoms with Crippen molar-refractivity contribution in [2.45, 2.75) is 25.9 Å².